The third-order valence-electron chi connectivity index (χ3n) is 20.1. The fourth-order valence-electron chi connectivity index (χ4n) is 13.0. The topological polar surface area (TPSA) is 237 Å². The molecule has 0 saturated carbocycles. The Bertz CT molecular complexity index is 1980. The third kappa shape index (κ3) is 76.6. The number of carbonyl (C=O) groups is 4. The third-order valence-corrected chi connectivity index (χ3v) is 22.0. The predicted molar refractivity (Wildman–Crippen MR) is 423 cm³/mol. The lowest BCUT2D eigenvalue weighted by molar-refractivity contribution is -0.161. The molecule has 0 aromatic rings. The maximum Gasteiger partial charge on any atom is 0.472 e. The second-order valence-corrected chi connectivity index (χ2v) is 33.8. The van der Waals surface area contributed by atoms with E-state index in [9.17, 15) is 43.2 Å². The van der Waals surface area contributed by atoms with Gasteiger partial charge < -0.3 is 33.8 Å². The number of hydrogen-bond donors (Lipinski definition) is 3. The maximum atomic E-state index is 13.1. The summed E-state index contributed by atoms with van der Waals surface area (Å²) < 4.78 is 68.8. The van der Waals surface area contributed by atoms with Crippen molar-refractivity contribution >= 4 is 39.5 Å². The van der Waals surface area contributed by atoms with Gasteiger partial charge >= 0.3 is 39.5 Å². The van der Waals surface area contributed by atoms with Crippen LogP contribution in [0.4, 0.5) is 0 Å². The number of ether oxygens (including phenoxy) is 4. The van der Waals surface area contributed by atoms with Crippen molar-refractivity contribution in [1.29, 1.82) is 0 Å². The number of aliphatic hydroxyl groups is 1. The van der Waals surface area contributed by atoms with Crippen LogP contribution in [0.1, 0.15) is 446 Å². The highest BCUT2D eigenvalue weighted by molar-refractivity contribution is 7.47. The molecular weight excluding hydrogens is 1340 g/mol. The van der Waals surface area contributed by atoms with E-state index in [-0.39, 0.29) is 25.7 Å². The number of phosphoric ester groups is 2. The SMILES string of the molecule is CCCCCCCCCCCCCCCCCCCCCCCC(=O)O[C@H](COC(=O)CCCCCCCCCCCCCCCCCCCC)COP(=O)(O)OC[C@@H](O)COP(=O)(O)OC[C@@H](COC(=O)CCCCCCCCC(C)CC)OC(=O)CCCCCCCCCCCCCC(C)C. The summed E-state index contributed by atoms with van der Waals surface area (Å²) in [7, 11) is -9.92. The Hall–Kier alpha value is -1.94. The minimum atomic E-state index is -4.96. The summed E-state index contributed by atoms with van der Waals surface area (Å²) in [6, 6.07) is 0. The lowest BCUT2D eigenvalue weighted by Crippen LogP contribution is -2.30. The van der Waals surface area contributed by atoms with E-state index in [2.05, 4.69) is 41.5 Å². The number of rotatable bonds is 83. The van der Waals surface area contributed by atoms with E-state index in [4.69, 9.17) is 37.0 Å². The lowest BCUT2D eigenvalue weighted by atomic mass is 10.00. The van der Waals surface area contributed by atoms with Gasteiger partial charge in [0, 0.05) is 25.7 Å². The molecule has 0 aromatic carbocycles. The quantitative estimate of drug-likeness (QED) is 0.0222. The number of unbranched alkanes of at least 4 members (excludes halogenated alkanes) is 52. The zero-order chi connectivity index (χ0) is 75.6. The summed E-state index contributed by atoms with van der Waals surface area (Å²) in [5.41, 5.74) is 0. The molecule has 19 heteroatoms. The second-order valence-electron chi connectivity index (χ2n) is 30.9. The molecule has 0 bridgehead atoms. The molecule has 3 unspecified atom stereocenters. The highest BCUT2D eigenvalue weighted by Crippen LogP contribution is 2.45. The fraction of sp³-hybridized carbons (Fsp3) is 0.952. The van der Waals surface area contributed by atoms with Gasteiger partial charge in [0.2, 0.25) is 0 Å². The van der Waals surface area contributed by atoms with Gasteiger partial charge in [-0.25, -0.2) is 9.13 Å². The first-order chi connectivity index (χ1) is 49.9. The first-order valence-electron chi connectivity index (χ1n) is 43.5. The molecule has 0 saturated heterocycles. The summed E-state index contributed by atoms with van der Waals surface area (Å²) in [4.78, 5) is 73.1. The van der Waals surface area contributed by atoms with E-state index in [1.165, 1.54) is 257 Å². The molecule has 0 heterocycles. The predicted octanol–water partition coefficient (Wildman–Crippen LogP) is 25.5. The van der Waals surface area contributed by atoms with Gasteiger partial charge in [0.25, 0.3) is 0 Å². The van der Waals surface area contributed by atoms with Gasteiger partial charge in [-0.1, -0.05) is 395 Å². The number of aliphatic hydroxyl groups excluding tert-OH is 1. The van der Waals surface area contributed by atoms with Crippen LogP contribution in [0.2, 0.25) is 0 Å². The fourth-order valence-corrected chi connectivity index (χ4v) is 14.6. The molecule has 0 fully saturated rings. The van der Waals surface area contributed by atoms with Crippen LogP contribution in [-0.4, -0.2) is 96.7 Å². The number of phosphoric acid groups is 2. The molecule has 6 atom stereocenters. The van der Waals surface area contributed by atoms with Gasteiger partial charge in [0.15, 0.2) is 12.2 Å². The standard InChI is InChI=1S/C84H164O17P2/c1-7-10-12-14-16-18-20-22-24-26-28-29-30-32-34-36-40-44-48-56-62-68-83(88)100-79(72-94-81(86)66-60-54-47-43-39-35-33-31-27-25-23-21-19-17-15-13-11-8-2)74-98-102(90,91)96-70-78(85)71-97-103(92,93)99-75-80(73-95-82(87)67-61-55-51-50-53-59-65-77(6)9-3)101-84(89)69-63-57-49-45-41-37-38-42-46-52-58-64-76(4)5/h76-80,85H,7-75H2,1-6H3,(H,90,91)(H,92,93)/t77?,78-,79-,80-/m1/s1. The Labute approximate surface area is 632 Å². The monoisotopic (exact) mass is 1510 g/mol. The Morgan fingerprint density at radius 1 is 0.282 bits per heavy atom. The molecule has 0 aliphatic rings. The van der Waals surface area contributed by atoms with Gasteiger partial charge in [-0.3, -0.25) is 37.3 Å². The molecule has 0 amide bonds. The summed E-state index contributed by atoms with van der Waals surface area (Å²) in [5.74, 6) is -0.611. The van der Waals surface area contributed by atoms with Gasteiger partial charge in [-0.15, -0.1) is 0 Å². The minimum Gasteiger partial charge on any atom is -0.462 e. The molecule has 0 rings (SSSR count). The molecule has 612 valence electrons. The molecule has 0 aromatic heterocycles. The zero-order valence-electron chi connectivity index (χ0n) is 67.6. The normalized spacial score (nSPS) is 14.1. The zero-order valence-corrected chi connectivity index (χ0v) is 69.4. The van der Waals surface area contributed by atoms with E-state index >= 15 is 0 Å². The van der Waals surface area contributed by atoms with Crippen LogP contribution < -0.4 is 0 Å². The first-order valence-corrected chi connectivity index (χ1v) is 46.5. The Balaban J connectivity index is 5.23. The molecule has 0 radical (unpaired) electrons. The van der Waals surface area contributed by atoms with Crippen LogP contribution >= 0.6 is 15.6 Å². The summed E-state index contributed by atoms with van der Waals surface area (Å²) >= 11 is 0. The Morgan fingerprint density at radius 2 is 0.495 bits per heavy atom. The molecule has 3 N–H and O–H groups in total. The van der Waals surface area contributed by atoms with E-state index in [1.54, 1.807) is 0 Å². The van der Waals surface area contributed by atoms with Crippen LogP contribution in [0.3, 0.4) is 0 Å². The smallest absolute Gasteiger partial charge is 0.462 e. The van der Waals surface area contributed by atoms with Crippen molar-refractivity contribution in [2.45, 2.75) is 464 Å². The molecule has 0 aliphatic carbocycles. The molecular formula is C84H164O17P2. The van der Waals surface area contributed by atoms with Crippen molar-refractivity contribution < 1.29 is 80.2 Å². The van der Waals surface area contributed by atoms with Crippen molar-refractivity contribution in [3.8, 4) is 0 Å². The van der Waals surface area contributed by atoms with Gasteiger partial charge in [0.1, 0.15) is 19.3 Å². The number of esters is 4. The van der Waals surface area contributed by atoms with E-state index in [1.807, 2.05) is 0 Å². The van der Waals surface area contributed by atoms with Crippen molar-refractivity contribution in [2.24, 2.45) is 11.8 Å². The summed E-state index contributed by atoms with van der Waals surface area (Å²) in [5, 5.41) is 10.7. The molecule has 103 heavy (non-hydrogen) atoms. The van der Waals surface area contributed by atoms with Crippen molar-refractivity contribution in [3.63, 3.8) is 0 Å². The average Bonchev–Trinajstić information content (AvgIpc) is 0.920. The van der Waals surface area contributed by atoms with Gasteiger partial charge in [-0.2, -0.15) is 0 Å². The van der Waals surface area contributed by atoms with Crippen molar-refractivity contribution in [2.75, 3.05) is 39.6 Å². The highest BCUT2D eigenvalue weighted by Gasteiger charge is 2.30. The van der Waals surface area contributed by atoms with Crippen LogP contribution in [0.5, 0.6) is 0 Å². The lowest BCUT2D eigenvalue weighted by Gasteiger charge is -2.21. The summed E-state index contributed by atoms with van der Waals surface area (Å²) in [6.45, 7) is 9.61. The molecule has 17 nitrogen and oxygen atoms in total. The van der Waals surface area contributed by atoms with E-state index < -0.39 is 97.5 Å². The van der Waals surface area contributed by atoms with Crippen molar-refractivity contribution in [1.82, 2.24) is 0 Å². The second kappa shape index (κ2) is 75.5. The minimum absolute atomic E-state index is 0.106. The first kappa shape index (κ1) is 101. The highest BCUT2D eigenvalue weighted by atomic mass is 31.2. The molecule has 0 spiro atoms. The molecule has 0 aliphatic heterocycles. The average molecular weight is 1510 g/mol. The Morgan fingerprint density at radius 3 is 0.738 bits per heavy atom. The van der Waals surface area contributed by atoms with Gasteiger partial charge in [-0.05, 0) is 37.5 Å². The van der Waals surface area contributed by atoms with Crippen LogP contribution in [0, 0.1) is 11.8 Å². The van der Waals surface area contributed by atoms with Crippen LogP contribution in [0.15, 0.2) is 0 Å². The number of hydrogen-bond acceptors (Lipinski definition) is 15. The largest absolute Gasteiger partial charge is 0.472 e. The summed E-state index contributed by atoms with van der Waals surface area (Å²) in [6.07, 6.45) is 66.8. The number of carbonyl (C=O) groups excluding carboxylic acids is 4. The van der Waals surface area contributed by atoms with E-state index in [0.717, 1.165) is 108 Å². The van der Waals surface area contributed by atoms with Crippen LogP contribution in [-0.2, 0) is 65.4 Å². The Kier molecular flexibility index (Phi) is 74.1. The van der Waals surface area contributed by atoms with Crippen LogP contribution in [0.25, 0.3) is 0 Å². The van der Waals surface area contributed by atoms with Gasteiger partial charge in [0.05, 0.1) is 26.4 Å². The maximum absolute atomic E-state index is 13.1. The van der Waals surface area contributed by atoms with E-state index in [0.29, 0.717) is 25.7 Å². The van der Waals surface area contributed by atoms with Crippen molar-refractivity contribution in [3.05, 3.63) is 0 Å².